The molecule has 1 aliphatic rings. The van der Waals surface area contributed by atoms with E-state index in [1.165, 1.54) is 29.9 Å². The van der Waals surface area contributed by atoms with Crippen molar-refractivity contribution >= 4 is 23.0 Å². The van der Waals surface area contributed by atoms with Crippen molar-refractivity contribution in [3.8, 4) is 0 Å². The van der Waals surface area contributed by atoms with Gasteiger partial charge < -0.3 is 14.6 Å². The second-order valence-electron chi connectivity index (χ2n) is 6.23. The van der Waals surface area contributed by atoms with Gasteiger partial charge in [-0.1, -0.05) is 0 Å². The molecule has 1 aliphatic heterocycles. The van der Waals surface area contributed by atoms with Gasteiger partial charge in [0.15, 0.2) is 11.2 Å². The molecule has 1 amide bonds. The first kappa shape index (κ1) is 16.9. The molecule has 0 saturated carbocycles. The van der Waals surface area contributed by atoms with Gasteiger partial charge in [-0.05, 0) is 6.42 Å². The lowest BCUT2D eigenvalue weighted by Crippen LogP contribution is -2.37. The SMILES string of the molecule is Cn1c(=O)c2c(ncn2CCC(=O)N2CCC(C(=O)O)C2)n(C)c1=O. The Kier molecular flexibility index (Phi) is 4.19. The average Bonchev–Trinajstić information content (AvgIpc) is 3.23. The number of carbonyl (C=O) groups excluding carboxylic acids is 1. The Labute approximate surface area is 141 Å². The highest BCUT2D eigenvalue weighted by Crippen LogP contribution is 2.17. The first-order valence-electron chi connectivity index (χ1n) is 7.92. The predicted octanol–water partition coefficient (Wildman–Crippen LogP) is -1.24. The number of imidazole rings is 1. The number of amides is 1. The fourth-order valence-corrected chi connectivity index (χ4v) is 3.13. The summed E-state index contributed by atoms with van der Waals surface area (Å²) in [5, 5.41) is 9.00. The van der Waals surface area contributed by atoms with E-state index in [4.69, 9.17) is 5.11 Å². The molecule has 1 N–H and O–H groups in total. The largest absolute Gasteiger partial charge is 0.481 e. The van der Waals surface area contributed by atoms with Crippen molar-refractivity contribution in [2.75, 3.05) is 13.1 Å². The lowest BCUT2D eigenvalue weighted by atomic mass is 10.1. The van der Waals surface area contributed by atoms with E-state index in [1.54, 1.807) is 4.57 Å². The van der Waals surface area contributed by atoms with Gasteiger partial charge in [-0.3, -0.25) is 23.5 Å². The van der Waals surface area contributed by atoms with E-state index in [-0.39, 0.29) is 36.6 Å². The van der Waals surface area contributed by atoms with Gasteiger partial charge in [-0.2, -0.15) is 0 Å². The molecule has 0 spiro atoms. The molecule has 1 atom stereocenters. The Morgan fingerprint density at radius 1 is 1.28 bits per heavy atom. The third kappa shape index (κ3) is 2.83. The van der Waals surface area contributed by atoms with Crippen LogP contribution in [0.25, 0.3) is 11.2 Å². The molecular weight excluding hydrogens is 330 g/mol. The summed E-state index contributed by atoms with van der Waals surface area (Å²) in [5.74, 6) is -1.56. The minimum Gasteiger partial charge on any atom is -0.481 e. The summed E-state index contributed by atoms with van der Waals surface area (Å²) in [6, 6.07) is 0. The van der Waals surface area contributed by atoms with Gasteiger partial charge in [0, 0.05) is 40.2 Å². The van der Waals surface area contributed by atoms with Crippen LogP contribution in [0.15, 0.2) is 15.9 Å². The number of aliphatic carboxylic acids is 1. The predicted molar refractivity (Wildman–Crippen MR) is 87.2 cm³/mol. The summed E-state index contributed by atoms with van der Waals surface area (Å²) in [4.78, 5) is 53.1. The van der Waals surface area contributed by atoms with Crippen LogP contribution >= 0.6 is 0 Å². The normalized spacial score (nSPS) is 17.4. The summed E-state index contributed by atoms with van der Waals surface area (Å²) in [6.45, 7) is 0.878. The summed E-state index contributed by atoms with van der Waals surface area (Å²) in [6.07, 6.45) is 2.02. The number of nitrogens with zero attached hydrogens (tertiary/aromatic N) is 5. The Morgan fingerprint density at radius 3 is 2.64 bits per heavy atom. The molecule has 0 aliphatic carbocycles. The minimum absolute atomic E-state index is 0.129. The third-order valence-corrected chi connectivity index (χ3v) is 4.67. The molecule has 2 aromatic rings. The summed E-state index contributed by atoms with van der Waals surface area (Å²) >= 11 is 0. The zero-order chi connectivity index (χ0) is 18.3. The van der Waals surface area contributed by atoms with E-state index in [0.717, 1.165) is 4.57 Å². The Hall–Kier alpha value is -2.91. The van der Waals surface area contributed by atoms with Crippen molar-refractivity contribution in [1.82, 2.24) is 23.6 Å². The van der Waals surface area contributed by atoms with E-state index >= 15 is 0 Å². The van der Waals surface area contributed by atoms with Crippen LogP contribution < -0.4 is 11.2 Å². The van der Waals surface area contributed by atoms with Crippen molar-refractivity contribution in [2.24, 2.45) is 20.0 Å². The maximum absolute atomic E-state index is 12.3. The number of fused-ring (bicyclic) bond motifs is 1. The molecule has 10 nitrogen and oxygen atoms in total. The number of hydrogen-bond acceptors (Lipinski definition) is 5. The Morgan fingerprint density at radius 2 is 2.00 bits per heavy atom. The zero-order valence-electron chi connectivity index (χ0n) is 14.0. The molecule has 2 aromatic heterocycles. The maximum Gasteiger partial charge on any atom is 0.332 e. The number of carboxylic acid groups (broad SMARTS) is 1. The van der Waals surface area contributed by atoms with Gasteiger partial charge in [0.1, 0.15) is 0 Å². The molecule has 0 aromatic carbocycles. The maximum atomic E-state index is 12.3. The van der Waals surface area contributed by atoms with Crippen LogP contribution in [0.5, 0.6) is 0 Å². The van der Waals surface area contributed by atoms with Crippen LogP contribution in [0.1, 0.15) is 12.8 Å². The fraction of sp³-hybridized carbons (Fsp3) is 0.533. The van der Waals surface area contributed by atoms with E-state index in [0.29, 0.717) is 13.0 Å². The Bertz CT molecular complexity index is 969. The van der Waals surface area contributed by atoms with Gasteiger partial charge in [-0.25, -0.2) is 9.78 Å². The molecule has 0 bridgehead atoms. The average molecular weight is 349 g/mol. The summed E-state index contributed by atoms with van der Waals surface area (Å²) in [7, 11) is 2.92. The second kappa shape index (κ2) is 6.19. The lowest BCUT2D eigenvalue weighted by Gasteiger charge is -2.16. The van der Waals surface area contributed by atoms with Gasteiger partial charge in [-0.15, -0.1) is 0 Å². The molecule has 10 heteroatoms. The van der Waals surface area contributed by atoms with Crippen LogP contribution in [0.4, 0.5) is 0 Å². The molecule has 3 heterocycles. The van der Waals surface area contributed by atoms with Crippen molar-refractivity contribution < 1.29 is 14.7 Å². The number of carbonyl (C=O) groups is 2. The Balaban J connectivity index is 1.79. The third-order valence-electron chi connectivity index (χ3n) is 4.67. The van der Waals surface area contributed by atoms with Crippen LogP contribution in [0.3, 0.4) is 0 Å². The van der Waals surface area contributed by atoms with E-state index < -0.39 is 23.1 Å². The monoisotopic (exact) mass is 349 g/mol. The van der Waals surface area contributed by atoms with Gasteiger partial charge in [0.25, 0.3) is 5.56 Å². The quantitative estimate of drug-likeness (QED) is 0.737. The van der Waals surface area contributed by atoms with Crippen LogP contribution in [0.2, 0.25) is 0 Å². The molecule has 1 unspecified atom stereocenters. The minimum atomic E-state index is -0.889. The highest BCUT2D eigenvalue weighted by atomic mass is 16.4. The zero-order valence-corrected chi connectivity index (χ0v) is 14.0. The van der Waals surface area contributed by atoms with E-state index in [1.807, 2.05) is 0 Å². The van der Waals surface area contributed by atoms with Crippen LogP contribution in [-0.2, 0) is 30.2 Å². The van der Waals surface area contributed by atoms with Gasteiger partial charge in [0.05, 0.1) is 12.2 Å². The second-order valence-corrected chi connectivity index (χ2v) is 6.23. The van der Waals surface area contributed by atoms with Crippen molar-refractivity contribution in [1.29, 1.82) is 0 Å². The van der Waals surface area contributed by atoms with Gasteiger partial charge >= 0.3 is 11.7 Å². The summed E-state index contributed by atoms with van der Waals surface area (Å²) < 4.78 is 3.84. The molecule has 3 rings (SSSR count). The van der Waals surface area contributed by atoms with Crippen molar-refractivity contribution in [3.05, 3.63) is 27.2 Å². The summed E-state index contributed by atoms with van der Waals surface area (Å²) in [5.41, 5.74) is -0.388. The number of rotatable bonds is 4. The fourth-order valence-electron chi connectivity index (χ4n) is 3.13. The van der Waals surface area contributed by atoms with Crippen LogP contribution in [-0.4, -0.2) is 53.7 Å². The lowest BCUT2D eigenvalue weighted by molar-refractivity contribution is -0.141. The highest BCUT2D eigenvalue weighted by Gasteiger charge is 2.30. The van der Waals surface area contributed by atoms with Gasteiger partial charge in [0.2, 0.25) is 5.91 Å². The first-order chi connectivity index (χ1) is 11.8. The van der Waals surface area contributed by atoms with E-state index in [2.05, 4.69) is 4.98 Å². The number of aromatic nitrogens is 4. The standard InChI is InChI=1S/C15H19N5O5/c1-17-12-11(13(22)18(2)15(17)25)20(8-16-12)6-4-10(21)19-5-3-9(7-19)14(23)24/h8-9H,3-7H2,1-2H3,(H,23,24). The number of aryl methyl sites for hydroxylation is 2. The van der Waals surface area contributed by atoms with E-state index in [9.17, 15) is 19.2 Å². The smallest absolute Gasteiger partial charge is 0.332 e. The molecule has 1 saturated heterocycles. The number of hydrogen-bond donors (Lipinski definition) is 1. The highest BCUT2D eigenvalue weighted by molar-refractivity contribution is 5.79. The topological polar surface area (TPSA) is 119 Å². The van der Waals surface area contributed by atoms with Crippen LogP contribution in [0, 0.1) is 5.92 Å². The molecule has 0 radical (unpaired) electrons. The van der Waals surface area contributed by atoms with Crippen molar-refractivity contribution in [2.45, 2.75) is 19.4 Å². The van der Waals surface area contributed by atoms with Crippen molar-refractivity contribution in [3.63, 3.8) is 0 Å². The number of carboxylic acids is 1. The number of likely N-dealkylation sites (tertiary alicyclic amines) is 1. The molecular formula is C15H19N5O5. The first-order valence-corrected chi connectivity index (χ1v) is 7.92. The molecule has 1 fully saturated rings. The molecule has 134 valence electrons. The molecule has 25 heavy (non-hydrogen) atoms.